The van der Waals surface area contributed by atoms with Crippen molar-refractivity contribution in [1.82, 2.24) is 15.1 Å². The first kappa shape index (κ1) is 17.1. The molecule has 122 valence electrons. The number of carbonyl (C=O) groups is 1. The standard InChI is InChI=1S/C16H24ClN3O2/c1-19(2)11-16(22)7-4-8-20(12-16)15(21)18-10-13-5-3-6-14(17)9-13/h3,5-6,9,22H,4,7-8,10-12H2,1-2H3,(H,18,21)/t16-/m1/s1. The lowest BCUT2D eigenvalue weighted by Gasteiger charge is -2.40. The molecule has 0 unspecified atom stereocenters. The smallest absolute Gasteiger partial charge is 0.317 e. The number of nitrogens with zero attached hydrogens (tertiary/aromatic N) is 2. The van der Waals surface area contributed by atoms with Crippen molar-refractivity contribution in [3.05, 3.63) is 34.9 Å². The number of halogens is 1. The Kier molecular flexibility index (Phi) is 5.67. The molecule has 1 fully saturated rings. The fraction of sp³-hybridized carbons (Fsp3) is 0.562. The first-order chi connectivity index (χ1) is 10.4. The van der Waals surface area contributed by atoms with Crippen molar-refractivity contribution in [1.29, 1.82) is 0 Å². The van der Waals surface area contributed by atoms with Gasteiger partial charge in [-0.2, -0.15) is 0 Å². The summed E-state index contributed by atoms with van der Waals surface area (Å²) in [6.07, 6.45) is 1.54. The lowest BCUT2D eigenvalue weighted by Crippen LogP contribution is -2.56. The molecule has 2 N–H and O–H groups in total. The van der Waals surface area contributed by atoms with Gasteiger partial charge in [-0.3, -0.25) is 0 Å². The number of nitrogens with one attached hydrogen (secondary N) is 1. The van der Waals surface area contributed by atoms with Gasteiger partial charge in [0.15, 0.2) is 0 Å². The van der Waals surface area contributed by atoms with Crippen LogP contribution in [0.4, 0.5) is 4.79 Å². The Morgan fingerprint density at radius 1 is 1.50 bits per heavy atom. The average Bonchev–Trinajstić information content (AvgIpc) is 2.43. The van der Waals surface area contributed by atoms with Crippen molar-refractivity contribution in [2.24, 2.45) is 0 Å². The van der Waals surface area contributed by atoms with Gasteiger partial charge in [0.05, 0.1) is 12.1 Å². The second-order valence-corrected chi connectivity index (χ2v) is 6.71. The zero-order valence-corrected chi connectivity index (χ0v) is 13.9. The molecule has 6 heteroatoms. The number of benzene rings is 1. The normalized spacial score (nSPS) is 22.0. The van der Waals surface area contributed by atoms with Gasteiger partial charge in [-0.05, 0) is 44.6 Å². The molecule has 2 rings (SSSR count). The summed E-state index contributed by atoms with van der Waals surface area (Å²) in [5, 5.41) is 14.1. The Balaban J connectivity index is 1.89. The number of amides is 2. The Labute approximate surface area is 136 Å². The van der Waals surface area contributed by atoms with Crippen LogP contribution in [0.25, 0.3) is 0 Å². The largest absolute Gasteiger partial charge is 0.387 e. The van der Waals surface area contributed by atoms with Crippen LogP contribution >= 0.6 is 11.6 Å². The minimum atomic E-state index is -0.824. The van der Waals surface area contributed by atoms with Crippen LogP contribution in [0.3, 0.4) is 0 Å². The molecule has 1 saturated heterocycles. The van der Waals surface area contributed by atoms with Crippen molar-refractivity contribution in [3.63, 3.8) is 0 Å². The van der Waals surface area contributed by atoms with Gasteiger partial charge < -0.3 is 20.2 Å². The fourth-order valence-electron chi connectivity index (χ4n) is 2.94. The Hall–Kier alpha value is -1.30. The second-order valence-electron chi connectivity index (χ2n) is 6.28. The predicted molar refractivity (Wildman–Crippen MR) is 88.0 cm³/mol. The van der Waals surface area contributed by atoms with Crippen molar-refractivity contribution in [2.75, 3.05) is 33.7 Å². The summed E-state index contributed by atoms with van der Waals surface area (Å²) in [5.74, 6) is 0. The fourth-order valence-corrected chi connectivity index (χ4v) is 3.15. The first-order valence-electron chi connectivity index (χ1n) is 7.52. The van der Waals surface area contributed by atoms with E-state index in [9.17, 15) is 9.90 Å². The molecule has 0 spiro atoms. The minimum absolute atomic E-state index is 0.142. The minimum Gasteiger partial charge on any atom is -0.387 e. The van der Waals surface area contributed by atoms with Gasteiger partial charge in [0.2, 0.25) is 0 Å². The number of β-amino-alcohol motifs (C(OH)–C–C–N with tert-alkyl or cyclic N) is 1. The van der Waals surface area contributed by atoms with E-state index in [-0.39, 0.29) is 6.03 Å². The highest BCUT2D eigenvalue weighted by molar-refractivity contribution is 6.30. The molecule has 5 nitrogen and oxygen atoms in total. The van der Waals surface area contributed by atoms with Crippen LogP contribution in [-0.4, -0.2) is 60.3 Å². The van der Waals surface area contributed by atoms with Gasteiger partial charge in [0.1, 0.15) is 0 Å². The highest BCUT2D eigenvalue weighted by atomic mass is 35.5. The van der Waals surface area contributed by atoms with E-state index in [1.54, 1.807) is 11.0 Å². The number of carbonyl (C=O) groups excluding carboxylic acids is 1. The van der Waals surface area contributed by atoms with Crippen molar-refractivity contribution in [2.45, 2.75) is 25.0 Å². The van der Waals surface area contributed by atoms with Gasteiger partial charge >= 0.3 is 6.03 Å². The topological polar surface area (TPSA) is 55.8 Å². The van der Waals surface area contributed by atoms with E-state index < -0.39 is 5.60 Å². The van der Waals surface area contributed by atoms with Crippen molar-refractivity contribution in [3.8, 4) is 0 Å². The maximum absolute atomic E-state index is 12.3. The zero-order valence-electron chi connectivity index (χ0n) is 13.2. The molecule has 0 saturated carbocycles. The number of hydrogen-bond acceptors (Lipinski definition) is 3. The number of hydrogen-bond donors (Lipinski definition) is 2. The lowest BCUT2D eigenvalue weighted by atomic mass is 9.92. The van der Waals surface area contributed by atoms with Crippen LogP contribution in [0.2, 0.25) is 5.02 Å². The summed E-state index contributed by atoms with van der Waals surface area (Å²) in [5.41, 5.74) is 0.135. The van der Waals surface area contributed by atoms with E-state index in [0.717, 1.165) is 18.4 Å². The van der Waals surface area contributed by atoms with E-state index in [1.165, 1.54) is 0 Å². The molecule has 2 amide bonds. The number of piperidine rings is 1. The van der Waals surface area contributed by atoms with Gasteiger partial charge in [0, 0.05) is 24.7 Å². The highest BCUT2D eigenvalue weighted by Gasteiger charge is 2.35. The molecular formula is C16H24ClN3O2. The average molecular weight is 326 g/mol. The van der Waals surface area contributed by atoms with Crippen LogP contribution in [0.1, 0.15) is 18.4 Å². The third kappa shape index (κ3) is 4.87. The van der Waals surface area contributed by atoms with E-state index in [0.29, 0.717) is 31.2 Å². The molecule has 0 bridgehead atoms. The molecule has 1 aliphatic heterocycles. The third-order valence-electron chi connectivity index (χ3n) is 3.79. The Morgan fingerprint density at radius 3 is 2.95 bits per heavy atom. The van der Waals surface area contributed by atoms with Crippen LogP contribution in [0, 0.1) is 0 Å². The quantitative estimate of drug-likeness (QED) is 0.889. The zero-order chi connectivity index (χ0) is 16.2. The molecular weight excluding hydrogens is 302 g/mol. The van der Waals surface area contributed by atoms with E-state index >= 15 is 0 Å². The lowest BCUT2D eigenvalue weighted by molar-refractivity contribution is -0.0347. The summed E-state index contributed by atoms with van der Waals surface area (Å²) < 4.78 is 0. The summed E-state index contributed by atoms with van der Waals surface area (Å²) in [7, 11) is 3.85. The predicted octanol–water partition coefficient (Wildman–Crippen LogP) is 1.94. The third-order valence-corrected chi connectivity index (χ3v) is 4.02. The van der Waals surface area contributed by atoms with Crippen LogP contribution in [0.5, 0.6) is 0 Å². The molecule has 0 radical (unpaired) electrons. The Bertz CT molecular complexity index is 524. The summed E-state index contributed by atoms with van der Waals surface area (Å²) in [6.45, 7) is 2.04. The SMILES string of the molecule is CN(C)C[C@]1(O)CCCN(C(=O)NCc2cccc(Cl)c2)C1. The number of urea groups is 1. The molecule has 0 aliphatic carbocycles. The maximum atomic E-state index is 12.3. The molecule has 1 heterocycles. The van der Waals surface area contributed by atoms with Gasteiger partial charge in [-0.1, -0.05) is 23.7 Å². The number of likely N-dealkylation sites (N-methyl/N-ethyl adjacent to an activating group) is 1. The van der Waals surface area contributed by atoms with Crippen molar-refractivity contribution >= 4 is 17.6 Å². The van der Waals surface area contributed by atoms with Crippen LogP contribution in [0.15, 0.2) is 24.3 Å². The van der Waals surface area contributed by atoms with E-state index in [1.807, 2.05) is 37.2 Å². The number of aliphatic hydroxyl groups is 1. The Morgan fingerprint density at radius 2 is 2.27 bits per heavy atom. The van der Waals surface area contributed by atoms with Gasteiger partial charge in [-0.15, -0.1) is 0 Å². The molecule has 1 aliphatic rings. The summed E-state index contributed by atoms with van der Waals surface area (Å²) in [6, 6.07) is 7.28. The monoisotopic (exact) mass is 325 g/mol. The molecule has 1 atom stereocenters. The molecule has 1 aromatic rings. The highest BCUT2D eigenvalue weighted by Crippen LogP contribution is 2.22. The molecule has 1 aromatic carbocycles. The summed E-state index contributed by atoms with van der Waals surface area (Å²) in [4.78, 5) is 15.9. The maximum Gasteiger partial charge on any atom is 0.317 e. The molecule has 0 aromatic heterocycles. The van der Waals surface area contributed by atoms with Crippen LogP contribution < -0.4 is 5.32 Å². The summed E-state index contributed by atoms with van der Waals surface area (Å²) >= 11 is 5.93. The van der Waals surface area contributed by atoms with Crippen LogP contribution in [-0.2, 0) is 6.54 Å². The van der Waals surface area contributed by atoms with Gasteiger partial charge in [0.25, 0.3) is 0 Å². The van der Waals surface area contributed by atoms with E-state index in [2.05, 4.69) is 5.32 Å². The van der Waals surface area contributed by atoms with E-state index in [4.69, 9.17) is 11.6 Å². The van der Waals surface area contributed by atoms with Crippen molar-refractivity contribution < 1.29 is 9.90 Å². The molecule has 22 heavy (non-hydrogen) atoms. The number of likely N-dealkylation sites (tertiary alicyclic amines) is 1. The van der Waals surface area contributed by atoms with Gasteiger partial charge in [-0.25, -0.2) is 4.79 Å². The number of rotatable bonds is 4. The first-order valence-corrected chi connectivity index (χ1v) is 7.90. The second kappa shape index (κ2) is 7.31.